The molecule has 1 heterocycles. The SMILES string of the molecule is Cc1ccccc1C(=O)NCC(C)(O)c1ccco1. The molecule has 0 spiro atoms. The Morgan fingerprint density at radius 3 is 2.68 bits per heavy atom. The van der Waals surface area contributed by atoms with Crippen LogP contribution in [0.4, 0.5) is 0 Å². The van der Waals surface area contributed by atoms with Crippen LogP contribution in [0.3, 0.4) is 0 Å². The van der Waals surface area contributed by atoms with E-state index in [4.69, 9.17) is 4.42 Å². The summed E-state index contributed by atoms with van der Waals surface area (Å²) < 4.78 is 5.16. The summed E-state index contributed by atoms with van der Waals surface area (Å²) in [6.45, 7) is 3.57. The summed E-state index contributed by atoms with van der Waals surface area (Å²) in [5, 5.41) is 13.0. The molecule has 0 fully saturated rings. The minimum atomic E-state index is -1.22. The monoisotopic (exact) mass is 259 g/mol. The molecule has 0 radical (unpaired) electrons. The predicted molar refractivity (Wildman–Crippen MR) is 71.8 cm³/mol. The molecule has 1 unspecified atom stereocenters. The second-order valence-corrected chi connectivity index (χ2v) is 4.75. The minimum Gasteiger partial charge on any atom is -0.466 e. The maximum Gasteiger partial charge on any atom is 0.251 e. The molecule has 1 aromatic carbocycles. The molecule has 0 aliphatic rings. The molecule has 2 N–H and O–H groups in total. The quantitative estimate of drug-likeness (QED) is 0.885. The summed E-state index contributed by atoms with van der Waals surface area (Å²) in [5.41, 5.74) is 0.289. The first kappa shape index (κ1) is 13.4. The maximum atomic E-state index is 12.0. The van der Waals surface area contributed by atoms with Crippen molar-refractivity contribution in [2.75, 3.05) is 6.54 Å². The summed E-state index contributed by atoms with van der Waals surface area (Å²) in [5.74, 6) is 0.225. The highest BCUT2D eigenvalue weighted by atomic mass is 16.4. The maximum absolute atomic E-state index is 12.0. The summed E-state index contributed by atoms with van der Waals surface area (Å²) in [4.78, 5) is 12.0. The lowest BCUT2D eigenvalue weighted by molar-refractivity contribution is 0.0330. The molecule has 0 aliphatic carbocycles. The van der Waals surface area contributed by atoms with Crippen molar-refractivity contribution in [3.63, 3.8) is 0 Å². The fraction of sp³-hybridized carbons (Fsp3) is 0.267. The Hall–Kier alpha value is -2.07. The third kappa shape index (κ3) is 3.03. The van der Waals surface area contributed by atoms with E-state index in [-0.39, 0.29) is 12.5 Å². The normalized spacial score (nSPS) is 13.8. The molecule has 1 aromatic heterocycles. The van der Waals surface area contributed by atoms with Crippen LogP contribution < -0.4 is 5.32 Å². The zero-order valence-corrected chi connectivity index (χ0v) is 11.0. The molecule has 100 valence electrons. The molecule has 1 atom stereocenters. The fourth-order valence-corrected chi connectivity index (χ4v) is 1.85. The Morgan fingerprint density at radius 1 is 1.32 bits per heavy atom. The minimum absolute atomic E-state index is 0.0910. The number of carbonyl (C=O) groups excluding carboxylic acids is 1. The van der Waals surface area contributed by atoms with Gasteiger partial charge in [0.25, 0.3) is 5.91 Å². The van der Waals surface area contributed by atoms with E-state index < -0.39 is 5.60 Å². The number of aryl methyl sites for hydroxylation is 1. The van der Waals surface area contributed by atoms with Crippen LogP contribution >= 0.6 is 0 Å². The Kier molecular flexibility index (Phi) is 3.71. The van der Waals surface area contributed by atoms with Gasteiger partial charge in [0.1, 0.15) is 11.4 Å². The lowest BCUT2D eigenvalue weighted by Gasteiger charge is -2.21. The van der Waals surface area contributed by atoms with Crippen LogP contribution in [-0.4, -0.2) is 17.6 Å². The second kappa shape index (κ2) is 5.28. The number of hydrogen-bond donors (Lipinski definition) is 2. The fourth-order valence-electron chi connectivity index (χ4n) is 1.85. The number of furan rings is 1. The summed E-state index contributed by atoms with van der Waals surface area (Å²) in [6.07, 6.45) is 1.49. The number of hydrogen-bond acceptors (Lipinski definition) is 3. The number of rotatable bonds is 4. The van der Waals surface area contributed by atoms with Crippen molar-refractivity contribution in [1.29, 1.82) is 0 Å². The first-order chi connectivity index (χ1) is 9.00. The summed E-state index contributed by atoms with van der Waals surface area (Å²) >= 11 is 0. The van der Waals surface area contributed by atoms with Gasteiger partial charge in [0.2, 0.25) is 0 Å². The Balaban J connectivity index is 2.03. The molecule has 4 heteroatoms. The Morgan fingerprint density at radius 2 is 2.05 bits per heavy atom. The van der Waals surface area contributed by atoms with Crippen LogP contribution in [0.5, 0.6) is 0 Å². The molecule has 1 amide bonds. The zero-order valence-electron chi connectivity index (χ0n) is 11.0. The van der Waals surface area contributed by atoms with E-state index >= 15 is 0 Å². The van der Waals surface area contributed by atoms with Gasteiger partial charge < -0.3 is 14.8 Å². The standard InChI is InChI=1S/C15H17NO3/c1-11-6-3-4-7-12(11)14(17)16-10-15(2,18)13-8-5-9-19-13/h3-9,18H,10H2,1-2H3,(H,16,17). The van der Waals surface area contributed by atoms with Crippen molar-refractivity contribution in [3.05, 3.63) is 59.5 Å². The molecule has 0 bridgehead atoms. The third-order valence-electron chi connectivity index (χ3n) is 3.03. The average Bonchev–Trinajstić information content (AvgIpc) is 2.91. The van der Waals surface area contributed by atoms with Crippen molar-refractivity contribution in [3.8, 4) is 0 Å². The van der Waals surface area contributed by atoms with Gasteiger partial charge in [0, 0.05) is 5.56 Å². The molecule has 4 nitrogen and oxygen atoms in total. The number of amides is 1. The van der Waals surface area contributed by atoms with E-state index in [2.05, 4.69) is 5.32 Å². The van der Waals surface area contributed by atoms with Crippen molar-refractivity contribution in [2.45, 2.75) is 19.4 Å². The van der Waals surface area contributed by atoms with Crippen molar-refractivity contribution >= 4 is 5.91 Å². The summed E-state index contributed by atoms with van der Waals surface area (Å²) in [7, 11) is 0. The lowest BCUT2D eigenvalue weighted by atomic mass is 10.0. The topological polar surface area (TPSA) is 62.5 Å². The number of aliphatic hydroxyl groups is 1. The van der Waals surface area contributed by atoms with Gasteiger partial charge in [-0.05, 0) is 37.6 Å². The van der Waals surface area contributed by atoms with E-state index in [1.54, 1.807) is 25.1 Å². The van der Waals surface area contributed by atoms with Gasteiger partial charge in [-0.3, -0.25) is 4.79 Å². The van der Waals surface area contributed by atoms with Gasteiger partial charge in [0.15, 0.2) is 0 Å². The second-order valence-electron chi connectivity index (χ2n) is 4.75. The smallest absolute Gasteiger partial charge is 0.251 e. The predicted octanol–water partition coefficient (Wildman–Crippen LogP) is 2.23. The molecule has 2 aromatic rings. The number of carbonyl (C=O) groups is 1. The van der Waals surface area contributed by atoms with Crippen molar-refractivity contribution in [1.82, 2.24) is 5.32 Å². The molecule has 0 saturated carbocycles. The van der Waals surface area contributed by atoms with Crippen molar-refractivity contribution in [2.24, 2.45) is 0 Å². The largest absolute Gasteiger partial charge is 0.466 e. The molecular formula is C15H17NO3. The van der Waals surface area contributed by atoms with E-state index in [1.807, 2.05) is 25.1 Å². The van der Waals surface area contributed by atoms with E-state index in [1.165, 1.54) is 6.26 Å². The third-order valence-corrected chi connectivity index (χ3v) is 3.03. The average molecular weight is 259 g/mol. The van der Waals surface area contributed by atoms with Gasteiger partial charge in [-0.1, -0.05) is 18.2 Å². The van der Waals surface area contributed by atoms with Crippen LogP contribution in [0.2, 0.25) is 0 Å². The van der Waals surface area contributed by atoms with Crippen LogP contribution in [0.15, 0.2) is 47.1 Å². The first-order valence-corrected chi connectivity index (χ1v) is 6.11. The number of nitrogens with one attached hydrogen (secondary N) is 1. The molecule has 2 rings (SSSR count). The molecular weight excluding hydrogens is 242 g/mol. The molecule has 0 aliphatic heterocycles. The van der Waals surface area contributed by atoms with Gasteiger partial charge in [-0.2, -0.15) is 0 Å². The summed E-state index contributed by atoms with van der Waals surface area (Å²) in [6, 6.07) is 10.7. The highest BCUT2D eigenvalue weighted by Crippen LogP contribution is 2.20. The zero-order chi connectivity index (χ0) is 13.9. The number of benzene rings is 1. The van der Waals surface area contributed by atoms with Crippen LogP contribution in [0, 0.1) is 6.92 Å². The Bertz CT molecular complexity index is 559. The van der Waals surface area contributed by atoms with Crippen LogP contribution in [0.25, 0.3) is 0 Å². The van der Waals surface area contributed by atoms with Gasteiger partial charge in [-0.15, -0.1) is 0 Å². The highest BCUT2D eigenvalue weighted by molar-refractivity contribution is 5.95. The first-order valence-electron chi connectivity index (χ1n) is 6.11. The van der Waals surface area contributed by atoms with Gasteiger partial charge in [-0.25, -0.2) is 0 Å². The van der Waals surface area contributed by atoms with Crippen LogP contribution in [0.1, 0.15) is 28.6 Å². The van der Waals surface area contributed by atoms with Crippen LogP contribution in [-0.2, 0) is 5.60 Å². The van der Waals surface area contributed by atoms with E-state index in [0.717, 1.165) is 5.56 Å². The Labute approximate surface area is 112 Å². The van der Waals surface area contributed by atoms with Gasteiger partial charge in [0.05, 0.1) is 12.8 Å². The van der Waals surface area contributed by atoms with Gasteiger partial charge >= 0.3 is 0 Å². The lowest BCUT2D eigenvalue weighted by Crippen LogP contribution is -2.38. The molecule has 19 heavy (non-hydrogen) atoms. The molecule has 0 saturated heterocycles. The highest BCUT2D eigenvalue weighted by Gasteiger charge is 2.27. The van der Waals surface area contributed by atoms with Crippen molar-refractivity contribution < 1.29 is 14.3 Å². The van der Waals surface area contributed by atoms with E-state index in [9.17, 15) is 9.90 Å². The van der Waals surface area contributed by atoms with E-state index in [0.29, 0.717) is 11.3 Å².